The Bertz CT molecular complexity index is 932. The zero-order chi connectivity index (χ0) is 18.8. The van der Waals surface area contributed by atoms with Gasteiger partial charge in [-0.1, -0.05) is 6.07 Å². The molecule has 0 N–H and O–H groups in total. The molecule has 1 amide bonds. The third kappa shape index (κ3) is 3.23. The van der Waals surface area contributed by atoms with Crippen LogP contribution in [0.25, 0.3) is 0 Å². The summed E-state index contributed by atoms with van der Waals surface area (Å²) in [6.07, 6.45) is 7.34. The second kappa shape index (κ2) is 7.32. The van der Waals surface area contributed by atoms with Gasteiger partial charge in [0.25, 0.3) is 5.91 Å². The van der Waals surface area contributed by atoms with Crippen LogP contribution >= 0.6 is 11.3 Å². The number of nitrogens with zero attached hydrogens (tertiary/aromatic N) is 3. The average molecular weight is 383 g/mol. The Hall–Kier alpha value is -3.00. The third-order valence-electron chi connectivity index (χ3n) is 4.66. The van der Waals surface area contributed by atoms with Gasteiger partial charge < -0.3 is 13.9 Å². The van der Waals surface area contributed by atoms with Crippen LogP contribution in [0.1, 0.15) is 27.9 Å². The lowest BCUT2D eigenvalue weighted by Crippen LogP contribution is -2.31. The van der Waals surface area contributed by atoms with Crippen LogP contribution in [0.3, 0.4) is 0 Å². The van der Waals surface area contributed by atoms with E-state index in [1.807, 2.05) is 10.8 Å². The third-order valence-corrected chi connectivity index (χ3v) is 5.55. The Morgan fingerprint density at radius 2 is 2.11 bits per heavy atom. The summed E-state index contributed by atoms with van der Waals surface area (Å²) in [5, 5.41) is 1.78. The number of carbonyl (C=O) groups excluding carboxylic acids is 3. The van der Waals surface area contributed by atoms with Crippen molar-refractivity contribution in [2.75, 3.05) is 6.54 Å². The number of imidazole rings is 1. The summed E-state index contributed by atoms with van der Waals surface area (Å²) >= 11 is 1.27. The largest absolute Gasteiger partial charge is 0.467 e. The van der Waals surface area contributed by atoms with Crippen molar-refractivity contribution in [1.29, 1.82) is 0 Å². The summed E-state index contributed by atoms with van der Waals surface area (Å²) in [6, 6.07) is 6.11. The highest BCUT2D eigenvalue weighted by Crippen LogP contribution is 2.39. The predicted molar refractivity (Wildman–Crippen MR) is 97.2 cm³/mol. The van der Waals surface area contributed by atoms with Gasteiger partial charge >= 0.3 is 0 Å². The summed E-state index contributed by atoms with van der Waals surface area (Å²) in [5.41, 5.74) is 0. The number of ketones is 2. The van der Waals surface area contributed by atoms with Crippen LogP contribution in [-0.4, -0.2) is 38.5 Å². The summed E-state index contributed by atoms with van der Waals surface area (Å²) in [7, 11) is 0. The lowest BCUT2D eigenvalue weighted by molar-refractivity contribution is -0.140. The van der Waals surface area contributed by atoms with Crippen molar-refractivity contribution in [3.63, 3.8) is 0 Å². The number of thiophene rings is 1. The van der Waals surface area contributed by atoms with Gasteiger partial charge in [-0.25, -0.2) is 4.98 Å². The highest BCUT2D eigenvalue weighted by molar-refractivity contribution is 7.12. The highest BCUT2D eigenvalue weighted by atomic mass is 32.1. The van der Waals surface area contributed by atoms with Gasteiger partial charge in [-0.2, -0.15) is 0 Å². The molecule has 3 aromatic rings. The molecule has 1 aliphatic heterocycles. The molecule has 4 heterocycles. The summed E-state index contributed by atoms with van der Waals surface area (Å²) in [4.78, 5) is 44.2. The minimum absolute atomic E-state index is 0.332. The van der Waals surface area contributed by atoms with Gasteiger partial charge in [-0.05, 0) is 30.0 Å². The molecular weight excluding hydrogens is 366 g/mol. The number of aryl methyl sites for hydroxylation is 1. The number of furan rings is 1. The lowest BCUT2D eigenvalue weighted by atomic mass is 9.91. The van der Waals surface area contributed by atoms with E-state index in [0.29, 0.717) is 30.1 Å². The van der Waals surface area contributed by atoms with Gasteiger partial charge in [0.15, 0.2) is 5.78 Å². The second-order valence-electron chi connectivity index (χ2n) is 6.30. The van der Waals surface area contributed by atoms with Crippen LogP contribution in [-0.2, 0) is 16.1 Å². The summed E-state index contributed by atoms with van der Waals surface area (Å²) in [5.74, 6) is -2.25. The smallest absolute Gasteiger partial charge is 0.291 e. The van der Waals surface area contributed by atoms with Crippen LogP contribution in [0.2, 0.25) is 0 Å². The fraction of sp³-hybridized carbons (Fsp3) is 0.263. The number of likely N-dealkylation sites (tertiary alicyclic amines) is 1. The number of hydrogen-bond donors (Lipinski definition) is 0. The number of Topliss-reactive ketones (excluding diaryl/α,β-unsaturated/α-hetero) is 2. The van der Waals surface area contributed by atoms with Gasteiger partial charge in [0.05, 0.1) is 17.5 Å². The molecule has 0 bridgehead atoms. The topological polar surface area (TPSA) is 85.4 Å². The molecule has 8 heteroatoms. The molecule has 0 saturated carbocycles. The fourth-order valence-corrected chi connectivity index (χ4v) is 4.12. The molecule has 1 saturated heterocycles. The molecule has 4 rings (SSSR count). The van der Waals surface area contributed by atoms with E-state index in [4.69, 9.17) is 4.42 Å². The molecule has 1 aliphatic rings. The molecule has 0 aromatic carbocycles. The van der Waals surface area contributed by atoms with Gasteiger partial charge in [0, 0.05) is 25.5 Å². The number of amides is 1. The minimum Gasteiger partial charge on any atom is -0.467 e. The molecule has 0 spiro atoms. The van der Waals surface area contributed by atoms with E-state index in [1.165, 1.54) is 22.5 Å². The van der Waals surface area contributed by atoms with Crippen LogP contribution in [0.5, 0.6) is 0 Å². The molecule has 2 unspecified atom stereocenters. The fourth-order valence-electron chi connectivity index (χ4n) is 3.42. The van der Waals surface area contributed by atoms with Gasteiger partial charge in [0.1, 0.15) is 17.7 Å². The van der Waals surface area contributed by atoms with Crippen LogP contribution < -0.4 is 0 Å². The SMILES string of the molecule is O=C1C(=O)N(CCCn2ccnc2)C(c2ccco2)C1C(=O)c1cccs1. The lowest BCUT2D eigenvalue weighted by Gasteiger charge is -2.25. The first-order chi connectivity index (χ1) is 13.2. The maximum atomic E-state index is 12.9. The highest BCUT2D eigenvalue weighted by Gasteiger charge is 2.52. The van der Waals surface area contributed by atoms with Crippen molar-refractivity contribution in [2.45, 2.75) is 19.0 Å². The molecule has 2 atom stereocenters. The number of carbonyl (C=O) groups is 3. The van der Waals surface area contributed by atoms with Gasteiger partial charge in [-0.15, -0.1) is 11.3 Å². The molecular formula is C19H17N3O4S. The number of rotatable bonds is 7. The molecule has 3 aromatic heterocycles. The van der Waals surface area contributed by atoms with Crippen LogP contribution in [0, 0.1) is 5.92 Å². The van der Waals surface area contributed by atoms with E-state index in [2.05, 4.69) is 4.98 Å². The molecule has 0 aliphatic carbocycles. The zero-order valence-corrected chi connectivity index (χ0v) is 15.2. The van der Waals surface area contributed by atoms with Crippen LogP contribution in [0.15, 0.2) is 59.0 Å². The zero-order valence-electron chi connectivity index (χ0n) is 14.4. The van der Waals surface area contributed by atoms with Crippen molar-refractivity contribution < 1.29 is 18.8 Å². The maximum absolute atomic E-state index is 12.9. The van der Waals surface area contributed by atoms with E-state index in [-0.39, 0.29) is 5.78 Å². The Kier molecular flexibility index (Phi) is 4.72. The van der Waals surface area contributed by atoms with Gasteiger partial charge in [-0.3, -0.25) is 14.4 Å². The first-order valence-electron chi connectivity index (χ1n) is 8.58. The second-order valence-corrected chi connectivity index (χ2v) is 7.24. The molecule has 138 valence electrons. The molecule has 1 fully saturated rings. The van der Waals surface area contributed by atoms with Crippen molar-refractivity contribution in [3.05, 3.63) is 65.3 Å². The standard InChI is InChI=1S/C19H17N3O4S/c23-17(14-5-2-11-27-14)15-16(13-4-1-10-26-13)22(19(25)18(15)24)8-3-7-21-9-6-20-12-21/h1-2,4-6,9-12,15-16H,3,7-8H2. The normalized spacial score (nSPS) is 19.8. The quantitative estimate of drug-likeness (QED) is 0.356. The summed E-state index contributed by atoms with van der Waals surface area (Å²) in [6.45, 7) is 1.01. The van der Waals surface area contributed by atoms with E-state index in [1.54, 1.807) is 42.2 Å². The molecule has 27 heavy (non-hydrogen) atoms. The Morgan fingerprint density at radius 3 is 2.78 bits per heavy atom. The van der Waals surface area contributed by atoms with E-state index >= 15 is 0 Å². The van der Waals surface area contributed by atoms with Crippen molar-refractivity contribution in [3.8, 4) is 0 Å². The predicted octanol–water partition coefficient (Wildman–Crippen LogP) is 2.58. The minimum atomic E-state index is -1.07. The van der Waals surface area contributed by atoms with E-state index in [0.717, 1.165) is 0 Å². The average Bonchev–Trinajstić information content (AvgIpc) is 3.45. The van der Waals surface area contributed by atoms with Crippen molar-refractivity contribution >= 4 is 28.8 Å². The van der Waals surface area contributed by atoms with Crippen molar-refractivity contribution in [2.24, 2.45) is 5.92 Å². The number of hydrogen-bond acceptors (Lipinski definition) is 6. The van der Waals surface area contributed by atoms with Gasteiger partial charge in [0.2, 0.25) is 5.78 Å². The number of aromatic nitrogens is 2. The monoisotopic (exact) mass is 383 g/mol. The molecule has 0 radical (unpaired) electrons. The Morgan fingerprint density at radius 1 is 1.22 bits per heavy atom. The Labute approximate surface area is 159 Å². The van der Waals surface area contributed by atoms with Crippen molar-refractivity contribution in [1.82, 2.24) is 14.5 Å². The van der Waals surface area contributed by atoms with E-state index in [9.17, 15) is 14.4 Å². The first kappa shape index (κ1) is 17.4. The maximum Gasteiger partial charge on any atom is 0.291 e. The summed E-state index contributed by atoms with van der Waals surface area (Å²) < 4.78 is 7.39. The first-order valence-corrected chi connectivity index (χ1v) is 9.46. The Balaban J connectivity index is 1.60. The molecule has 7 nitrogen and oxygen atoms in total. The van der Waals surface area contributed by atoms with Crippen LogP contribution in [0.4, 0.5) is 0 Å². The van der Waals surface area contributed by atoms with E-state index < -0.39 is 23.7 Å².